The second kappa shape index (κ2) is 9.41. The fraction of sp³-hybridized carbons (Fsp3) is 0.545. The van der Waals surface area contributed by atoms with Crippen molar-refractivity contribution in [3.63, 3.8) is 0 Å². The van der Waals surface area contributed by atoms with E-state index in [1.54, 1.807) is 0 Å². The van der Waals surface area contributed by atoms with Gasteiger partial charge < -0.3 is 9.80 Å². The number of carbonyl (C=O) groups excluding carboxylic acids is 2. The molecule has 3 rings (SSSR count). The molecule has 0 saturated carbocycles. The SMILES string of the molecule is CC1CCN(C(=O)C2CCN(C(=O)C=C(c3ccc(Cl)cc3)C(F)(F)F)CC2)CC1. The molecule has 1 aromatic carbocycles. The van der Waals surface area contributed by atoms with Crippen LogP contribution >= 0.6 is 11.6 Å². The molecule has 2 fully saturated rings. The fourth-order valence-electron chi connectivity index (χ4n) is 4.01. The monoisotopic (exact) mass is 442 g/mol. The maximum atomic E-state index is 13.5. The van der Waals surface area contributed by atoms with Crippen molar-refractivity contribution in [3.8, 4) is 0 Å². The van der Waals surface area contributed by atoms with Crippen LogP contribution in [0.5, 0.6) is 0 Å². The number of rotatable bonds is 3. The number of piperidine rings is 2. The minimum atomic E-state index is -4.66. The van der Waals surface area contributed by atoms with E-state index < -0.39 is 17.7 Å². The average Bonchev–Trinajstić information content (AvgIpc) is 2.72. The van der Waals surface area contributed by atoms with Gasteiger partial charge in [0.25, 0.3) is 0 Å². The number of hydrogen-bond acceptors (Lipinski definition) is 2. The Bertz CT molecular complexity index is 792. The number of carbonyl (C=O) groups is 2. The first-order valence-electron chi connectivity index (χ1n) is 10.3. The Kier molecular flexibility index (Phi) is 7.11. The summed E-state index contributed by atoms with van der Waals surface area (Å²) < 4.78 is 40.5. The lowest BCUT2D eigenvalue weighted by molar-refractivity contribution is -0.140. The van der Waals surface area contributed by atoms with Crippen LogP contribution in [0.3, 0.4) is 0 Å². The molecular formula is C22H26ClF3N2O2. The molecule has 1 aromatic rings. The third kappa shape index (κ3) is 5.56. The van der Waals surface area contributed by atoms with Crippen LogP contribution < -0.4 is 0 Å². The van der Waals surface area contributed by atoms with Gasteiger partial charge in [-0.3, -0.25) is 9.59 Å². The summed E-state index contributed by atoms with van der Waals surface area (Å²) in [4.78, 5) is 28.5. The zero-order valence-electron chi connectivity index (χ0n) is 16.9. The van der Waals surface area contributed by atoms with Gasteiger partial charge in [-0.2, -0.15) is 13.2 Å². The van der Waals surface area contributed by atoms with Crippen molar-refractivity contribution in [2.24, 2.45) is 11.8 Å². The van der Waals surface area contributed by atoms with E-state index in [4.69, 9.17) is 11.6 Å². The Morgan fingerprint density at radius 3 is 2.03 bits per heavy atom. The minimum Gasteiger partial charge on any atom is -0.342 e. The van der Waals surface area contributed by atoms with Crippen LogP contribution in [-0.4, -0.2) is 54.0 Å². The number of benzene rings is 1. The first-order chi connectivity index (χ1) is 14.1. The molecule has 4 nitrogen and oxygen atoms in total. The summed E-state index contributed by atoms with van der Waals surface area (Å²) in [5.41, 5.74) is -1.10. The Hall–Kier alpha value is -2.02. The number of alkyl halides is 3. The molecule has 0 aliphatic carbocycles. The highest BCUT2D eigenvalue weighted by atomic mass is 35.5. The lowest BCUT2D eigenvalue weighted by Crippen LogP contribution is -2.46. The fourth-order valence-corrected chi connectivity index (χ4v) is 4.13. The normalized spacial score (nSPS) is 19.8. The molecule has 2 aliphatic heterocycles. The highest BCUT2D eigenvalue weighted by Gasteiger charge is 2.37. The van der Waals surface area contributed by atoms with Crippen LogP contribution in [0.15, 0.2) is 30.3 Å². The molecular weight excluding hydrogens is 417 g/mol. The van der Waals surface area contributed by atoms with E-state index in [0.717, 1.165) is 25.9 Å². The summed E-state index contributed by atoms with van der Waals surface area (Å²) in [6, 6.07) is 5.22. The quantitative estimate of drug-likeness (QED) is 0.632. The zero-order valence-corrected chi connectivity index (χ0v) is 17.7. The summed E-state index contributed by atoms with van der Waals surface area (Å²) in [6.07, 6.45) is -1.06. The molecule has 0 spiro atoms. The van der Waals surface area contributed by atoms with E-state index in [0.29, 0.717) is 29.9 Å². The van der Waals surface area contributed by atoms with E-state index in [-0.39, 0.29) is 30.5 Å². The Labute approximate surface area is 179 Å². The van der Waals surface area contributed by atoms with Crippen molar-refractivity contribution in [1.29, 1.82) is 0 Å². The molecule has 0 aromatic heterocycles. The predicted octanol–water partition coefficient (Wildman–Crippen LogP) is 4.78. The molecule has 0 radical (unpaired) electrons. The molecule has 0 bridgehead atoms. The van der Waals surface area contributed by atoms with Gasteiger partial charge in [0, 0.05) is 43.2 Å². The number of likely N-dealkylation sites (tertiary alicyclic amines) is 2. The number of hydrogen-bond donors (Lipinski definition) is 0. The summed E-state index contributed by atoms with van der Waals surface area (Å²) in [5.74, 6) is -0.106. The van der Waals surface area contributed by atoms with E-state index in [1.807, 2.05) is 4.90 Å². The topological polar surface area (TPSA) is 40.6 Å². The van der Waals surface area contributed by atoms with Gasteiger partial charge in [-0.1, -0.05) is 30.7 Å². The number of amides is 2. The van der Waals surface area contributed by atoms with Gasteiger partial charge in [0.1, 0.15) is 0 Å². The molecule has 2 saturated heterocycles. The summed E-state index contributed by atoms with van der Waals surface area (Å²) in [7, 11) is 0. The van der Waals surface area contributed by atoms with Gasteiger partial charge in [-0.25, -0.2) is 0 Å². The molecule has 8 heteroatoms. The van der Waals surface area contributed by atoms with Crippen molar-refractivity contribution >= 4 is 29.0 Å². The molecule has 164 valence electrons. The van der Waals surface area contributed by atoms with Gasteiger partial charge in [0.15, 0.2) is 0 Å². The van der Waals surface area contributed by atoms with Crippen molar-refractivity contribution in [3.05, 3.63) is 40.9 Å². The van der Waals surface area contributed by atoms with Gasteiger partial charge in [0.05, 0.1) is 5.57 Å². The van der Waals surface area contributed by atoms with E-state index in [9.17, 15) is 22.8 Å². The summed E-state index contributed by atoms with van der Waals surface area (Å²) >= 11 is 5.75. The van der Waals surface area contributed by atoms with Gasteiger partial charge in [-0.15, -0.1) is 0 Å². The van der Waals surface area contributed by atoms with Crippen LogP contribution in [0.2, 0.25) is 5.02 Å². The summed E-state index contributed by atoms with van der Waals surface area (Å²) in [6.45, 7) is 4.26. The van der Waals surface area contributed by atoms with E-state index in [1.165, 1.54) is 29.2 Å². The smallest absolute Gasteiger partial charge is 0.342 e. The first kappa shape index (κ1) is 22.7. The molecule has 2 amide bonds. The highest BCUT2D eigenvalue weighted by molar-refractivity contribution is 6.30. The van der Waals surface area contributed by atoms with Crippen molar-refractivity contribution in [2.45, 2.75) is 38.8 Å². The molecule has 2 heterocycles. The standard InChI is InChI=1S/C22H26ClF3N2O2/c1-15-6-10-28(11-7-15)21(30)17-8-12-27(13-9-17)20(29)14-19(22(24,25)26)16-2-4-18(23)5-3-16/h2-5,14-15,17H,6-13H2,1H3. The molecule has 30 heavy (non-hydrogen) atoms. The number of nitrogens with zero attached hydrogens (tertiary/aromatic N) is 2. The van der Waals surface area contributed by atoms with Crippen molar-refractivity contribution < 1.29 is 22.8 Å². The molecule has 0 N–H and O–H groups in total. The number of allylic oxidation sites excluding steroid dienone is 1. The predicted molar refractivity (Wildman–Crippen MR) is 110 cm³/mol. The van der Waals surface area contributed by atoms with Crippen LogP contribution in [0.1, 0.15) is 38.2 Å². The average molecular weight is 443 g/mol. The molecule has 0 unspecified atom stereocenters. The molecule has 2 aliphatic rings. The third-order valence-electron chi connectivity index (χ3n) is 5.98. The minimum absolute atomic E-state index is 0.107. The Morgan fingerprint density at radius 2 is 1.50 bits per heavy atom. The van der Waals surface area contributed by atoms with Crippen molar-refractivity contribution in [1.82, 2.24) is 9.80 Å². The Balaban J connectivity index is 1.63. The second-order valence-corrected chi connectivity index (χ2v) is 8.61. The van der Waals surface area contributed by atoms with E-state index >= 15 is 0 Å². The van der Waals surface area contributed by atoms with Crippen LogP contribution in [0.25, 0.3) is 5.57 Å². The lowest BCUT2D eigenvalue weighted by atomic mass is 9.92. The third-order valence-corrected chi connectivity index (χ3v) is 6.23. The van der Waals surface area contributed by atoms with E-state index in [2.05, 4.69) is 6.92 Å². The number of halogens is 4. The summed E-state index contributed by atoms with van der Waals surface area (Å²) in [5, 5.41) is 0.321. The van der Waals surface area contributed by atoms with Gasteiger partial charge in [-0.05, 0) is 49.3 Å². The van der Waals surface area contributed by atoms with Crippen LogP contribution in [0.4, 0.5) is 13.2 Å². The second-order valence-electron chi connectivity index (χ2n) is 8.17. The maximum Gasteiger partial charge on any atom is 0.417 e. The highest BCUT2D eigenvalue weighted by Crippen LogP contribution is 2.34. The largest absolute Gasteiger partial charge is 0.417 e. The molecule has 0 atom stereocenters. The van der Waals surface area contributed by atoms with Gasteiger partial charge >= 0.3 is 6.18 Å². The van der Waals surface area contributed by atoms with Crippen molar-refractivity contribution in [2.75, 3.05) is 26.2 Å². The maximum absolute atomic E-state index is 13.5. The zero-order chi connectivity index (χ0) is 21.9. The Morgan fingerprint density at radius 1 is 0.967 bits per heavy atom. The van der Waals surface area contributed by atoms with Crippen LogP contribution in [0, 0.1) is 11.8 Å². The lowest BCUT2D eigenvalue weighted by Gasteiger charge is -2.36. The van der Waals surface area contributed by atoms with Crippen LogP contribution in [-0.2, 0) is 9.59 Å². The van der Waals surface area contributed by atoms with Gasteiger partial charge in [0.2, 0.25) is 11.8 Å². The first-order valence-corrected chi connectivity index (χ1v) is 10.7.